The van der Waals surface area contributed by atoms with E-state index in [0.29, 0.717) is 5.92 Å². The maximum atomic E-state index is 11.5. The average molecular weight is 272 g/mol. The quantitative estimate of drug-likeness (QED) is 0.695. The Morgan fingerprint density at radius 1 is 1.30 bits per heavy atom. The molecule has 1 nitrogen and oxygen atoms in total. The minimum atomic E-state index is 0.151. The molecule has 0 saturated carbocycles. The monoisotopic (exact) mass is 272 g/mol. The topological polar surface area (TPSA) is 17.1 Å². The first-order chi connectivity index (χ1) is 9.16. The first kappa shape index (κ1) is 15.3. The molecule has 0 bridgehead atoms. The van der Waals surface area contributed by atoms with Gasteiger partial charge in [-0.2, -0.15) is 0 Å². The molecule has 1 heteroatoms. The summed E-state index contributed by atoms with van der Waals surface area (Å²) in [7, 11) is 0. The van der Waals surface area contributed by atoms with Crippen LogP contribution in [0.3, 0.4) is 0 Å². The van der Waals surface area contributed by atoms with E-state index in [4.69, 9.17) is 0 Å². The van der Waals surface area contributed by atoms with Crippen molar-refractivity contribution in [3.63, 3.8) is 0 Å². The number of fused-ring (bicyclic) bond motifs is 1. The molecule has 0 N–H and O–H groups in total. The lowest BCUT2D eigenvalue weighted by Gasteiger charge is -2.47. The SMILES string of the molecule is CCc1cc2c(c(C)c1C=O)C(C)(C)CC(C)C2(C)C. The van der Waals surface area contributed by atoms with Gasteiger partial charge in [0.05, 0.1) is 0 Å². The summed E-state index contributed by atoms with van der Waals surface area (Å²) in [5.41, 5.74) is 6.54. The number of hydrogen-bond acceptors (Lipinski definition) is 1. The molecule has 1 atom stereocenters. The van der Waals surface area contributed by atoms with E-state index in [1.54, 1.807) is 0 Å². The molecule has 1 aliphatic carbocycles. The fraction of sp³-hybridized carbons (Fsp3) is 0.632. The number of aldehydes is 1. The van der Waals surface area contributed by atoms with E-state index in [2.05, 4.69) is 54.5 Å². The normalized spacial score (nSPS) is 23.2. The second kappa shape index (κ2) is 4.72. The molecule has 0 amide bonds. The molecule has 1 aromatic rings. The van der Waals surface area contributed by atoms with Crippen molar-refractivity contribution >= 4 is 6.29 Å². The van der Waals surface area contributed by atoms with Crippen molar-refractivity contribution in [3.8, 4) is 0 Å². The molecule has 0 spiro atoms. The average Bonchev–Trinajstić information content (AvgIpc) is 2.34. The summed E-state index contributed by atoms with van der Waals surface area (Å²) in [4.78, 5) is 11.5. The Hall–Kier alpha value is -1.11. The highest BCUT2D eigenvalue weighted by atomic mass is 16.1. The number of carbonyl (C=O) groups is 1. The molecule has 0 saturated heterocycles. The molecule has 20 heavy (non-hydrogen) atoms. The summed E-state index contributed by atoms with van der Waals surface area (Å²) >= 11 is 0. The van der Waals surface area contributed by atoms with Gasteiger partial charge in [-0.05, 0) is 58.8 Å². The largest absolute Gasteiger partial charge is 0.298 e. The molecule has 1 unspecified atom stereocenters. The Balaban J connectivity index is 2.87. The second-order valence-corrected chi connectivity index (χ2v) is 7.68. The number of benzene rings is 1. The van der Waals surface area contributed by atoms with E-state index in [1.165, 1.54) is 28.7 Å². The lowest BCUT2D eigenvalue weighted by Crippen LogP contribution is -2.41. The second-order valence-electron chi connectivity index (χ2n) is 7.68. The number of rotatable bonds is 2. The highest BCUT2D eigenvalue weighted by Crippen LogP contribution is 2.50. The minimum absolute atomic E-state index is 0.151. The smallest absolute Gasteiger partial charge is 0.150 e. The van der Waals surface area contributed by atoms with Crippen molar-refractivity contribution in [3.05, 3.63) is 33.9 Å². The Morgan fingerprint density at radius 3 is 2.40 bits per heavy atom. The third-order valence-electron chi connectivity index (χ3n) is 5.63. The summed E-state index contributed by atoms with van der Waals surface area (Å²) in [5.74, 6) is 0.649. The standard InChI is InChI=1S/C19H28O/c1-8-14-9-16-17(13(3)15(14)11-20)18(4,5)10-12(2)19(16,6)7/h9,11-12H,8,10H2,1-7H3. The lowest BCUT2D eigenvalue weighted by atomic mass is 9.57. The van der Waals surface area contributed by atoms with Gasteiger partial charge in [0, 0.05) is 5.56 Å². The van der Waals surface area contributed by atoms with Crippen LogP contribution in [-0.4, -0.2) is 6.29 Å². The first-order valence-corrected chi connectivity index (χ1v) is 7.79. The van der Waals surface area contributed by atoms with E-state index in [0.717, 1.165) is 18.3 Å². The van der Waals surface area contributed by atoms with Crippen molar-refractivity contribution in [1.29, 1.82) is 0 Å². The van der Waals surface area contributed by atoms with Gasteiger partial charge in [0.25, 0.3) is 0 Å². The van der Waals surface area contributed by atoms with Crippen molar-refractivity contribution in [1.82, 2.24) is 0 Å². The van der Waals surface area contributed by atoms with Crippen LogP contribution in [0.4, 0.5) is 0 Å². The van der Waals surface area contributed by atoms with Gasteiger partial charge in [0.2, 0.25) is 0 Å². The fourth-order valence-corrected chi connectivity index (χ4v) is 4.13. The van der Waals surface area contributed by atoms with Crippen LogP contribution in [0, 0.1) is 12.8 Å². The molecule has 0 radical (unpaired) electrons. The Labute approximate surface area is 123 Å². The predicted octanol–water partition coefficient (Wildman–Crippen LogP) is 4.96. The molecule has 1 aliphatic rings. The first-order valence-electron chi connectivity index (χ1n) is 7.79. The van der Waals surface area contributed by atoms with Gasteiger partial charge in [-0.3, -0.25) is 4.79 Å². The summed E-state index contributed by atoms with van der Waals surface area (Å²) in [6, 6.07) is 2.31. The molecule has 110 valence electrons. The van der Waals surface area contributed by atoms with Gasteiger partial charge in [-0.25, -0.2) is 0 Å². The van der Waals surface area contributed by atoms with Crippen LogP contribution in [0.15, 0.2) is 6.07 Å². The van der Waals surface area contributed by atoms with Gasteiger partial charge in [-0.15, -0.1) is 0 Å². The third kappa shape index (κ3) is 2.03. The molecule has 0 aliphatic heterocycles. The highest BCUT2D eigenvalue weighted by molar-refractivity contribution is 5.81. The van der Waals surface area contributed by atoms with E-state index < -0.39 is 0 Å². The molecule has 0 heterocycles. The maximum absolute atomic E-state index is 11.5. The van der Waals surface area contributed by atoms with Crippen LogP contribution >= 0.6 is 0 Å². The van der Waals surface area contributed by atoms with Gasteiger partial charge in [0.1, 0.15) is 0 Å². The van der Waals surface area contributed by atoms with E-state index in [1.807, 2.05) is 0 Å². The van der Waals surface area contributed by atoms with Crippen LogP contribution in [0.2, 0.25) is 0 Å². The van der Waals surface area contributed by atoms with Crippen molar-refractivity contribution in [2.45, 2.75) is 72.1 Å². The van der Waals surface area contributed by atoms with Gasteiger partial charge in [0.15, 0.2) is 6.29 Å². The van der Waals surface area contributed by atoms with Crippen molar-refractivity contribution in [2.75, 3.05) is 0 Å². The van der Waals surface area contributed by atoms with Gasteiger partial charge in [-0.1, -0.05) is 47.6 Å². The molecule has 0 fully saturated rings. The van der Waals surface area contributed by atoms with Crippen molar-refractivity contribution < 1.29 is 4.79 Å². The van der Waals surface area contributed by atoms with E-state index >= 15 is 0 Å². The zero-order valence-corrected chi connectivity index (χ0v) is 14.1. The van der Waals surface area contributed by atoms with Gasteiger partial charge < -0.3 is 0 Å². The Kier molecular flexibility index (Phi) is 3.60. The third-order valence-corrected chi connectivity index (χ3v) is 5.63. The fourth-order valence-electron chi connectivity index (χ4n) is 4.13. The molecule has 0 aromatic heterocycles. The van der Waals surface area contributed by atoms with Crippen LogP contribution in [-0.2, 0) is 17.3 Å². The molecule has 2 rings (SSSR count). The van der Waals surface area contributed by atoms with Crippen LogP contribution in [0.1, 0.15) is 80.6 Å². The number of carbonyl (C=O) groups excluding carboxylic acids is 1. The highest BCUT2D eigenvalue weighted by Gasteiger charge is 2.43. The molecular formula is C19H28O. The van der Waals surface area contributed by atoms with Crippen molar-refractivity contribution in [2.24, 2.45) is 5.92 Å². The predicted molar refractivity (Wildman–Crippen MR) is 85.8 cm³/mol. The van der Waals surface area contributed by atoms with Gasteiger partial charge >= 0.3 is 0 Å². The number of hydrogen-bond donors (Lipinski definition) is 0. The zero-order chi connectivity index (χ0) is 15.3. The Morgan fingerprint density at radius 2 is 1.90 bits per heavy atom. The summed E-state index contributed by atoms with van der Waals surface area (Å²) in [6.45, 7) is 16.0. The summed E-state index contributed by atoms with van der Waals surface area (Å²) in [5, 5.41) is 0. The minimum Gasteiger partial charge on any atom is -0.298 e. The Bertz CT molecular complexity index is 549. The van der Waals surface area contributed by atoms with Crippen LogP contribution in [0.5, 0.6) is 0 Å². The van der Waals surface area contributed by atoms with E-state index in [-0.39, 0.29) is 10.8 Å². The molecular weight excluding hydrogens is 244 g/mol. The summed E-state index contributed by atoms with van der Waals surface area (Å²) < 4.78 is 0. The van der Waals surface area contributed by atoms with Crippen LogP contribution in [0.25, 0.3) is 0 Å². The summed E-state index contributed by atoms with van der Waals surface area (Å²) in [6.07, 6.45) is 3.15. The number of aryl methyl sites for hydroxylation is 1. The van der Waals surface area contributed by atoms with Crippen LogP contribution < -0.4 is 0 Å². The lowest BCUT2D eigenvalue weighted by molar-refractivity contribution is 0.112. The zero-order valence-electron chi connectivity index (χ0n) is 14.1. The molecule has 1 aromatic carbocycles. The van der Waals surface area contributed by atoms with E-state index in [9.17, 15) is 4.79 Å². The maximum Gasteiger partial charge on any atom is 0.150 e.